The van der Waals surface area contributed by atoms with E-state index >= 15 is 0 Å². The van der Waals surface area contributed by atoms with Gasteiger partial charge >= 0.3 is 0 Å². The first-order valence-corrected chi connectivity index (χ1v) is 11.6. The van der Waals surface area contributed by atoms with Crippen molar-refractivity contribution in [2.75, 3.05) is 0 Å². The van der Waals surface area contributed by atoms with Gasteiger partial charge in [0.15, 0.2) is 5.69 Å². The highest BCUT2D eigenvalue weighted by atomic mass is 79.9. The number of carbonyl (C=O) groups excluding carboxylic acids is 1. The van der Waals surface area contributed by atoms with Crippen molar-refractivity contribution in [2.24, 2.45) is 5.14 Å². The summed E-state index contributed by atoms with van der Waals surface area (Å²) in [6.45, 7) is 0.189. The molecule has 8 nitrogen and oxygen atoms in total. The topological polar surface area (TPSA) is 120 Å². The first kappa shape index (κ1) is 19.2. The Kier molecular flexibility index (Phi) is 5.08. The number of carbonyl (C=O) groups is 1. The molecule has 0 unspecified atom stereocenters. The molecule has 1 fully saturated rings. The number of halogens is 1. The van der Waals surface area contributed by atoms with Crippen LogP contribution in [0.3, 0.4) is 0 Å². The number of hydrogen-bond acceptors (Lipinski definition) is 6. The van der Waals surface area contributed by atoms with Gasteiger partial charge in [0.05, 0.1) is 17.9 Å². The molecule has 28 heavy (non-hydrogen) atoms. The standard InChI is InChI=1S/C17H16BrN5O3S2/c18-11-3-5-12(6-4-11)23-16(10-1-2-10)15(21-22-23)17(24)20-9-13-7-8-14(27-13)28(19,25)26/h3-8,10H,1-2,9H2,(H,20,24)(H2,19,25,26). The zero-order chi connectivity index (χ0) is 19.9. The zero-order valence-corrected chi connectivity index (χ0v) is 17.7. The van der Waals surface area contributed by atoms with Crippen molar-refractivity contribution in [3.63, 3.8) is 0 Å². The summed E-state index contributed by atoms with van der Waals surface area (Å²) in [6.07, 6.45) is 1.99. The summed E-state index contributed by atoms with van der Waals surface area (Å²) < 4.78 is 25.5. The van der Waals surface area contributed by atoms with Crippen LogP contribution < -0.4 is 10.5 Å². The second-order valence-electron chi connectivity index (χ2n) is 6.43. The molecule has 3 N–H and O–H groups in total. The average molecular weight is 482 g/mol. The predicted octanol–water partition coefficient (Wildman–Crippen LogP) is 2.55. The van der Waals surface area contributed by atoms with E-state index in [1.54, 1.807) is 10.7 Å². The molecule has 2 aromatic heterocycles. The molecule has 1 amide bonds. The number of benzene rings is 1. The van der Waals surface area contributed by atoms with Gasteiger partial charge in [-0.05, 0) is 49.2 Å². The highest BCUT2D eigenvalue weighted by molar-refractivity contribution is 9.10. The van der Waals surface area contributed by atoms with Crippen LogP contribution in [0, 0.1) is 0 Å². The fraction of sp³-hybridized carbons (Fsp3) is 0.235. The van der Waals surface area contributed by atoms with Gasteiger partial charge in [0.2, 0.25) is 10.0 Å². The third kappa shape index (κ3) is 4.02. The lowest BCUT2D eigenvalue weighted by Crippen LogP contribution is -2.24. The average Bonchev–Trinajstić information content (AvgIpc) is 3.19. The Bertz CT molecular complexity index is 1130. The molecule has 0 saturated heterocycles. The molecule has 0 spiro atoms. The minimum absolute atomic E-state index is 0.0663. The van der Waals surface area contributed by atoms with Gasteiger partial charge in [-0.2, -0.15) is 0 Å². The number of primary sulfonamides is 1. The number of sulfonamides is 1. The second-order valence-corrected chi connectivity index (χ2v) is 10.3. The lowest BCUT2D eigenvalue weighted by Gasteiger charge is -2.07. The summed E-state index contributed by atoms with van der Waals surface area (Å²) >= 11 is 4.44. The number of nitrogens with two attached hydrogens (primary N) is 1. The van der Waals surface area contributed by atoms with Crippen molar-refractivity contribution in [1.29, 1.82) is 0 Å². The van der Waals surface area contributed by atoms with Crippen LogP contribution in [0.1, 0.15) is 39.8 Å². The van der Waals surface area contributed by atoms with Crippen LogP contribution in [0.2, 0.25) is 0 Å². The van der Waals surface area contributed by atoms with Crippen LogP contribution in [-0.4, -0.2) is 29.3 Å². The molecular weight excluding hydrogens is 466 g/mol. The molecule has 1 saturated carbocycles. The molecule has 1 aliphatic carbocycles. The predicted molar refractivity (Wildman–Crippen MR) is 108 cm³/mol. The maximum absolute atomic E-state index is 12.7. The fourth-order valence-electron chi connectivity index (χ4n) is 2.80. The molecule has 4 rings (SSSR count). The van der Waals surface area contributed by atoms with Gasteiger partial charge in [0.1, 0.15) is 4.21 Å². The SMILES string of the molecule is NS(=O)(=O)c1ccc(CNC(=O)c2nnn(-c3ccc(Br)cc3)c2C2CC2)s1. The molecule has 2 heterocycles. The van der Waals surface area contributed by atoms with E-state index < -0.39 is 10.0 Å². The van der Waals surface area contributed by atoms with E-state index in [0.29, 0.717) is 10.6 Å². The van der Waals surface area contributed by atoms with Crippen LogP contribution in [0.15, 0.2) is 45.1 Å². The first-order valence-electron chi connectivity index (χ1n) is 8.44. The maximum atomic E-state index is 12.7. The van der Waals surface area contributed by atoms with E-state index in [4.69, 9.17) is 5.14 Å². The number of nitrogens with one attached hydrogen (secondary N) is 1. The van der Waals surface area contributed by atoms with Crippen molar-refractivity contribution in [2.45, 2.75) is 29.5 Å². The smallest absolute Gasteiger partial charge is 0.274 e. The van der Waals surface area contributed by atoms with Gasteiger partial charge in [-0.3, -0.25) is 4.79 Å². The van der Waals surface area contributed by atoms with Crippen LogP contribution >= 0.6 is 27.3 Å². The van der Waals surface area contributed by atoms with Crippen molar-refractivity contribution >= 4 is 43.2 Å². The third-order valence-electron chi connectivity index (χ3n) is 4.30. The van der Waals surface area contributed by atoms with Gasteiger partial charge in [-0.15, -0.1) is 16.4 Å². The Morgan fingerprint density at radius 3 is 2.57 bits per heavy atom. The highest BCUT2D eigenvalue weighted by Crippen LogP contribution is 2.42. The molecule has 146 valence electrons. The van der Waals surface area contributed by atoms with Crippen LogP contribution in [0.25, 0.3) is 5.69 Å². The molecular formula is C17H16BrN5O3S2. The normalized spacial score (nSPS) is 14.2. The van der Waals surface area contributed by atoms with Crippen molar-refractivity contribution in [1.82, 2.24) is 20.3 Å². The fourth-order valence-corrected chi connectivity index (χ4v) is 4.79. The molecule has 3 aromatic rings. The second kappa shape index (κ2) is 7.39. The van der Waals surface area contributed by atoms with E-state index in [0.717, 1.165) is 40.0 Å². The minimum Gasteiger partial charge on any atom is -0.346 e. The molecule has 1 aliphatic rings. The van der Waals surface area contributed by atoms with Gasteiger partial charge in [0.25, 0.3) is 5.91 Å². The summed E-state index contributed by atoms with van der Waals surface area (Å²) in [7, 11) is -3.74. The number of rotatable bonds is 6. The Morgan fingerprint density at radius 2 is 1.96 bits per heavy atom. The molecule has 11 heteroatoms. The molecule has 0 bridgehead atoms. The van der Waals surface area contributed by atoms with Gasteiger partial charge in [-0.1, -0.05) is 21.1 Å². The maximum Gasteiger partial charge on any atom is 0.274 e. The van der Waals surface area contributed by atoms with Crippen LogP contribution in [-0.2, 0) is 16.6 Å². The van der Waals surface area contributed by atoms with Gasteiger partial charge in [-0.25, -0.2) is 18.2 Å². The lowest BCUT2D eigenvalue weighted by molar-refractivity contribution is 0.0945. The van der Waals surface area contributed by atoms with E-state index in [1.807, 2.05) is 24.3 Å². The summed E-state index contributed by atoms with van der Waals surface area (Å²) in [5.41, 5.74) is 1.94. The monoisotopic (exact) mass is 481 g/mol. The highest BCUT2D eigenvalue weighted by Gasteiger charge is 2.34. The quantitative estimate of drug-likeness (QED) is 0.560. The van der Waals surface area contributed by atoms with E-state index in [9.17, 15) is 13.2 Å². The third-order valence-corrected chi connectivity index (χ3v) is 7.35. The Labute approximate surface area is 173 Å². The van der Waals surface area contributed by atoms with E-state index in [2.05, 4.69) is 31.6 Å². The number of hydrogen-bond donors (Lipinski definition) is 2. The minimum atomic E-state index is -3.74. The Morgan fingerprint density at radius 1 is 1.25 bits per heavy atom. The lowest BCUT2D eigenvalue weighted by atomic mass is 10.2. The molecule has 1 aromatic carbocycles. The summed E-state index contributed by atoms with van der Waals surface area (Å²) in [5.74, 6) is -0.0778. The summed E-state index contributed by atoms with van der Waals surface area (Å²) in [5, 5.41) is 16.2. The van der Waals surface area contributed by atoms with E-state index in [1.165, 1.54) is 6.07 Å². The zero-order valence-electron chi connectivity index (χ0n) is 14.5. The molecule has 0 atom stereocenters. The number of aromatic nitrogens is 3. The van der Waals surface area contributed by atoms with Crippen LogP contribution in [0.5, 0.6) is 0 Å². The van der Waals surface area contributed by atoms with Gasteiger partial charge < -0.3 is 5.32 Å². The first-order chi connectivity index (χ1) is 13.3. The number of thiophene rings is 1. The Balaban J connectivity index is 1.55. The van der Waals surface area contributed by atoms with Crippen LogP contribution in [0.4, 0.5) is 0 Å². The van der Waals surface area contributed by atoms with Crippen molar-refractivity contribution < 1.29 is 13.2 Å². The molecule has 0 radical (unpaired) electrons. The summed E-state index contributed by atoms with van der Waals surface area (Å²) in [4.78, 5) is 13.4. The van der Waals surface area contributed by atoms with Crippen molar-refractivity contribution in [3.8, 4) is 5.69 Å². The Hall–Kier alpha value is -2.08. The van der Waals surface area contributed by atoms with E-state index in [-0.39, 0.29) is 22.6 Å². The van der Waals surface area contributed by atoms with Crippen molar-refractivity contribution in [3.05, 3.63) is 57.1 Å². The number of nitrogens with zero attached hydrogens (tertiary/aromatic N) is 3. The summed E-state index contributed by atoms with van der Waals surface area (Å²) in [6, 6.07) is 10.7. The number of amides is 1. The largest absolute Gasteiger partial charge is 0.346 e. The van der Waals surface area contributed by atoms with Gasteiger partial charge in [0, 0.05) is 15.3 Å². The molecule has 0 aliphatic heterocycles.